The zero-order chi connectivity index (χ0) is 19.7. The molecule has 0 radical (unpaired) electrons. The highest BCUT2D eigenvalue weighted by molar-refractivity contribution is 5.50. The quantitative estimate of drug-likeness (QED) is 0.715. The number of piperidine rings is 1. The third kappa shape index (κ3) is 3.75. The van der Waals surface area contributed by atoms with Crippen molar-refractivity contribution in [2.24, 2.45) is 0 Å². The summed E-state index contributed by atoms with van der Waals surface area (Å²) in [4.78, 5) is 17.7. The first-order valence-electron chi connectivity index (χ1n) is 10.1. The van der Waals surface area contributed by atoms with Crippen molar-refractivity contribution in [1.29, 1.82) is 0 Å². The van der Waals surface area contributed by atoms with E-state index < -0.39 is 0 Å². The van der Waals surface area contributed by atoms with Gasteiger partial charge >= 0.3 is 0 Å². The predicted molar refractivity (Wildman–Crippen MR) is 112 cm³/mol. The van der Waals surface area contributed by atoms with Crippen LogP contribution in [0.4, 0.5) is 0 Å². The molecule has 1 aliphatic heterocycles. The molecule has 2 aromatic heterocycles. The van der Waals surface area contributed by atoms with Crippen LogP contribution in [0.3, 0.4) is 0 Å². The Kier molecular flexibility index (Phi) is 5.33. The van der Waals surface area contributed by atoms with E-state index in [-0.39, 0.29) is 5.56 Å². The van der Waals surface area contributed by atoms with Gasteiger partial charge in [-0.25, -0.2) is 4.52 Å². The zero-order valence-electron chi connectivity index (χ0n) is 17.0. The minimum absolute atomic E-state index is 0.0382. The summed E-state index contributed by atoms with van der Waals surface area (Å²) < 4.78 is 1.98. The van der Waals surface area contributed by atoms with Gasteiger partial charge in [-0.05, 0) is 58.0 Å². The topological polar surface area (TPSA) is 65.4 Å². The summed E-state index contributed by atoms with van der Waals surface area (Å²) >= 11 is 0. The van der Waals surface area contributed by atoms with E-state index in [1.807, 2.05) is 11.4 Å². The van der Waals surface area contributed by atoms with Crippen molar-refractivity contribution in [2.75, 3.05) is 20.1 Å². The lowest BCUT2D eigenvalue weighted by Crippen LogP contribution is -2.28. The van der Waals surface area contributed by atoms with Gasteiger partial charge < -0.3 is 10.3 Å². The number of fused-ring (bicyclic) bond motifs is 1. The predicted octanol–water partition coefficient (Wildman–Crippen LogP) is 2.74. The molecular formula is C22H29N5O. The molecule has 0 saturated carbocycles. The number of aryl methyl sites for hydroxylation is 2. The first-order chi connectivity index (χ1) is 13.5. The number of aromatic amines is 1. The van der Waals surface area contributed by atoms with Crippen LogP contribution in [0.1, 0.15) is 46.8 Å². The Morgan fingerprint density at radius 3 is 2.68 bits per heavy atom. The van der Waals surface area contributed by atoms with E-state index in [1.165, 1.54) is 11.1 Å². The summed E-state index contributed by atoms with van der Waals surface area (Å²) in [5.74, 6) is 0.378. The molecule has 0 aliphatic carbocycles. The molecule has 6 heteroatoms. The van der Waals surface area contributed by atoms with Crippen molar-refractivity contribution >= 4 is 5.65 Å². The van der Waals surface area contributed by atoms with E-state index >= 15 is 0 Å². The number of hydrogen-bond acceptors (Lipinski definition) is 4. The maximum absolute atomic E-state index is 12.4. The van der Waals surface area contributed by atoms with Gasteiger partial charge in [0.2, 0.25) is 0 Å². The van der Waals surface area contributed by atoms with E-state index in [9.17, 15) is 4.79 Å². The third-order valence-electron chi connectivity index (χ3n) is 5.84. The molecule has 2 N–H and O–H groups in total. The Balaban J connectivity index is 1.66. The summed E-state index contributed by atoms with van der Waals surface area (Å²) in [7, 11) is 2.12. The smallest absolute Gasteiger partial charge is 0.251 e. The lowest BCUT2D eigenvalue weighted by atomic mass is 9.94. The van der Waals surface area contributed by atoms with Crippen LogP contribution in [0, 0.1) is 13.8 Å². The van der Waals surface area contributed by atoms with Gasteiger partial charge in [-0.15, -0.1) is 0 Å². The summed E-state index contributed by atoms with van der Waals surface area (Å²) in [6.07, 6.45) is 2.08. The molecule has 6 nitrogen and oxygen atoms in total. The molecule has 0 atom stereocenters. The fourth-order valence-corrected chi connectivity index (χ4v) is 4.22. The molecule has 3 heterocycles. The van der Waals surface area contributed by atoms with E-state index in [2.05, 4.69) is 53.4 Å². The molecule has 148 valence electrons. The van der Waals surface area contributed by atoms with Crippen molar-refractivity contribution in [3.8, 4) is 0 Å². The van der Waals surface area contributed by atoms with Gasteiger partial charge in [0.25, 0.3) is 5.56 Å². The van der Waals surface area contributed by atoms with Crippen molar-refractivity contribution in [2.45, 2.75) is 45.7 Å². The Hall–Kier alpha value is -2.44. The van der Waals surface area contributed by atoms with Crippen molar-refractivity contribution < 1.29 is 0 Å². The summed E-state index contributed by atoms with van der Waals surface area (Å²) in [5, 5.41) is 8.20. The van der Waals surface area contributed by atoms with Crippen LogP contribution >= 0.6 is 0 Å². The molecule has 1 saturated heterocycles. The maximum Gasteiger partial charge on any atom is 0.251 e. The highest BCUT2D eigenvalue weighted by atomic mass is 16.1. The Labute approximate surface area is 165 Å². The minimum Gasteiger partial charge on any atom is -0.317 e. The molecule has 1 aromatic carbocycles. The Morgan fingerprint density at radius 1 is 1.18 bits per heavy atom. The number of aromatic nitrogens is 3. The highest BCUT2D eigenvalue weighted by Gasteiger charge is 2.22. The number of benzene rings is 1. The number of nitrogens with zero attached hydrogens (tertiary/aromatic N) is 3. The largest absolute Gasteiger partial charge is 0.317 e. The van der Waals surface area contributed by atoms with Gasteiger partial charge in [-0.2, -0.15) is 5.10 Å². The lowest BCUT2D eigenvalue weighted by Gasteiger charge is -2.23. The second-order valence-electron chi connectivity index (χ2n) is 8.01. The molecule has 1 aliphatic rings. The summed E-state index contributed by atoms with van der Waals surface area (Å²) in [5.41, 5.74) is 6.54. The van der Waals surface area contributed by atoms with Crippen molar-refractivity contribution in [1.82, 2.24) is 24.8 Å². The molecule has 0 spiro atoms. The van der Waals surface area contributed by atoms with Crippen molar-refractivity contribution in [3.63, 3.8) is 0 Å². The first kappa shape index (κ1) is 18.9. The zero-order valence-corrected chi connectivity index (χ0v) is 17.0. The Bertz CT molecular complexity index is 1030. The lowest BCUT2D eigenvalue weighted by molar-refractivity contribution is 0.318. The van der Waals surface area contributed by atoms with Gasteiger partial charge in [0.1, 0.15) is 5.65 Å². The molecule has 4 rings (SSSR count). The highest BCUT2D eigenvalue weighted by Crippen LogP contribution is 2.26. The third-order valence-corrected chi connectivity index (χ3v) is 5.84. The van der Waals surface area contributed by atoms with Gasteiger partial charge in [-0.3, -0.25) is 9.69 Å². The van der Waals surface area contributed by atoms with E-state index in [0.717, 1.165) is 61.6 Å². The first-order valence-corrected chi connectivity index (χ1v) is 10.1. The van der Waals surface area contributed by atoms with Gasteiger partial charge in [0.15, 0.2) is 0 Å². The van der Waals surface area contributed by atoms with Gasteiger partial charge in [0, 0.05) is 30.6 Å². The number of nitrogens with one attached hydrogen (secondary N) is 2. The molecule has 0 bridgehead atoms. The van der Waals surface area contributed by atoms with E-state index in [0.29, 0.717) is 5.92 Å². The molecule has 1 fully saturated rings. The molecule has 0 unspecified atom stereocenters. The molecule has 3 aromatic rings. The van der Waals surface area contributed by atoms with Crippen LogP contribution in [0.25, 0.3) is 5.65 Å². The second kappa shape index (κ2) is 7.89. The van der Waals surface area contributed by atoms with Gasteiger partial charge in [-0.1, -0.05) is 24.3 Å². The molecular weight excluding hydrogens is 350 g/mol. The Morgan fingerprint density at radius 2 is 1.93 bits per heavy atom. The minimum atomic E-state index is -0.0382. The summed E-state index contributed by atoms with van der Waals surface area (Å²) in [6.45, 7) is 7.77. The normalized spacial score (nSPS) is 15.6. The van der Waals surface area contributed by atoms with E-state index in [1.54, 1.807) is 6.07 Å². The summed E-state index contributed by atoms with van der Waals surface area (Å²) in [6, 6.07) is 10.2. The van der Waals surface area contributed by atoms with Crippen LogP contribution < -0.4 is 10.9 Å². The van der Waals surface area contributed by atoms with Crippen LogP contribution in [0.5, 0.6) is 0 Å². The monoisotopic (exact) mass is 379 g/mol. The second-order valence-corrected chi connectivity index (χ2v) is 8.01. The fourth-order valence-electron chi connectivity index (χ4n) is 4.22. The average Bonchev–Trinajstić information content (AvgIpc) is 2.99. The number of rotatable bonds is 5. The van der Waals surface area contributed by atoms with Crippen LogP contribution in [-0.4, -0.2) is 39.6 Å². The number of H-pyrrole nitrogens is 1. The fraction of sp³-hybridized carbons (Fsp3) is 0.455. The molecule has 0 amide bonds. The van der Waals surface area contributed by atoms with Crippen LogP contribution in [0.2, 0.25) is 0 Å². The van der Waals surface area contributed by atoms with Crippen LogP contribution in [0.15, 0.2) is 35.1 Å². The van der Waals surface area contributed by atoms with E-state index in [4.69, 9.17) is 5.10 Å². The SMILES string of the molecule is Cc1ccccc1CN(C)Cc1c(C)nn2c(C3CCNCC3)cc(=O)[nH]c12. The average molecular weight is 380 g/mol. The number of hydrogen-bond donors (Lipinski definition) is 2. The maximum atomic E-state index is 12.4. The standard InChI is InChI=1S/C22H29N5O/c1-15-6-4-5-7-18(15)13-26(3)14-19-16(2)25-27-20(12-21(28)24-22(19)27)17-8-10-23-11-9-17/h4-7,12,17,23H,8-11,13-14H2,1-3H3,(H,24,28). The van der Waals surface area contributed by atoms with Crippen molar-refractivity contribution in [3.05, 3.63) is 68.8 Å². The van der Waals surface area contributed by atoms with Crippen LogP contribution in [-0.2, 0) is 13.1 Å². The van der Waals surface area contributed by atoms with Gasteiger partial charge in [0.05, 0.1) is 11.4 Å². The molecule has 28 heavy (non-hydrogen) atoms.